The maximum atomic E-state index is 12.5. The molecule has 1 aromatic carbocycles. The van der Waals surface area contributed by atoms with Crippen molar-refractivity contribution in [3.8, 4) is 11.5 Å². The predicted octanol–water partition coefficient (Wildman–Crippen LogP) is -0.103. The molecule has 3 heterocycles. The number of hydrogen-bond donors (Lipinski definition) is 1. The van der Waals surface area contributed by atoms with Crippen molar-refractivity contribution < 1.29 is 28.9 Å². The molecule has 0 unspecified atom stereocenters. The predicted molar refractivity (Wildman–Crippen MR) is 71.1 cm³/mol. The lowest BCUT2D eigenvalue weighted by atomic mass is 9.78. The fourth-order valence-corrected chi connectivity index (χ4v) is 3.51. The molecular formula is C15H14NO6-. The minimum Gasteiger partial charge on any atom is -0.550 e. The van der Waals surface area contributed by atoms with Gasteiger partial charge in [0, 0.05) is 23.6 Å². The molecule has 1 N–H and O–H groups in total. The van der Waals surface area contributed by atoms with E-state index in [4.69, 9.17) is 14.2 Å². The molecule has 7 nitrogen and oxygen atoms in total. The quantitative estimate of drug-likeness (QED) is 0.837. The molecule has 0 radical (unpaired) electrons. The maximum absolute atomic E-state index is 12.5. The lowest BCUT2D eigenvalue weighted by molar-refractivity contribution is -0.313. The molecule has 4 atom stereocenters. The van der Waals surface area contributed by atoms with Crippen molar-refractivity contribution >= 4 is 17.6 Å². The van der Waals surface area contributed by atoms with Crippen molar-refractivity contribution in [2.45, 2.75) is 25.0 Å². The molecule has 0 aliphatic carbocycles. The molecule has 22 heavy (non-hydrogen) atoms. The summed E-state index contributed by atoms with van der Waals surface area (Å²) in [5.74, 6) is -2.01. The molecule has 7 heteroatoms. The third-order valence-electron chi connectivity index (χ3n) is 4.49. The van der Waals surface area contributed by atoms with Gasteiger partial charge in [0.05, 0.1) is 18.1 Å². The Morgan fingerprint density at radius 3 is 2.59 bits per heavy atom. The standard InChI is InChI=1S/C15H15NO6/c17-14(12-9-3-4-10(22-9)13(12)15(18)19)16-7-1-2-8-11(5-7)21-6-20-8/h1-2,5,9-10,12-13H,3-4,6H2,(H,16,17)(H,18,19)/p-1/t9-,10+,12-,13-/m0/s1. The fraction of sp³-hybridized carbons (Fsp3) is 0.467. The van der Waals surface area contributed by atoms with Crippen LogP contribution < -0.4 is 19.9 Å². The lowest BCUT2D eigenvalue weighted by Gasteiger charge is -2.27. The Bertz CT molecular complexity index is 645. The number of benzene rings is 1. The van der Waals surface area contributed by atoms with E-state index in [0.29, 0.717) is 30.0 Å². The van der Waals surface area contributed by atoms with Crippen LogP contribution in [0, 0.1) is 11.8 Å². The molecule has 0 aromatic heterocycles. The number of carbonyl (C=O) groups excluding carboxylic acids is 2. The van der Waals surface area contributed by atoms with Crippen molar-refractivity contribution in [1.82, 2.24) is 0 Å². The number of rotatable bonds is 3. The zero-order valence-corrected chi connectivity index (χ0v) is 11.6. The number of fused-ring (bicyclic) bond motifs is 3. The van der Waals surface area contributed by atoms with Gasteiger partial charge in [0.25, 0.3) is 0 Å². The molecule has 4 rings (SSSR count). The number of amides is 1. The molecule has 2 fully saturated rings. The fourth-order valence-electron chi connectivity index (χ4n) is 3.51. The monoisotopic (exact) mass is 304 g/mol. The summed E-state index contributed by atoms with van der Waals surface area (Å²) in [4.78, 5) is 23.8. The van der Waals surface area contributed by atoms with Gasteiger partial charge in [-0.3, -0.25) is 4.79 Å². The number of anilines is 1. The van der Waals surface area contributed by atoms with Gasteiger partial charge < -0.3 is 29.4 Å². The van der Waals surface area contributed by atoms with Crippen molar-refractivity contribution in [1.29, 1.82) is 0 Å². The lowest BCUT2D eigenvalue weighted by Crippen LogP contribution is -2.46. The van der Waals surface area contributed by atoms with Crippen LogP contribution in [0.25, 0.3) is 0 Å². The van der Waals surface area contributed by atoms with Gasteiger partial charge >= 0.3 is 0 Å². The third kappa shape index (κ3) is 2.00. The van der Waals surface area contributed by atoms with Gasteiger partial charge in [-0.25, -0.2) is 0 Å². The average molecular weight is 304 g/mol. The van der Waals surface area contributed by atoms with Crippen LogP contribution in [0.3, 0.4) is 0 Å². The number of ether oxygens (including phenoxy) is 3. The summed E-state index contributed by atoms with van der Waals surface area (Å²) >= 11 is 0. The summed E-state index contributed by atoms with van der Waals surface area (Å²) in [6, 6.07) is 5.04. The Labute approximate surface area is 126 Å². The van der Waals surface area contributed by atoms with Crippen LogP contribution in [0.5, 0.6) is 11.5 Å². The second-order valence-corrected chi connectivity index (χ2v) is 5.72. The van der Waals surface area contributed by atoms with Crippen LogP contribution in [0.4, 0.5) is 5.69 Å². The van der Waals surface area contributed by atoms with E-state index in [9.17, 15) is 14.7 Å². The Morgan fingerprint density at radius 2 is 1.82 bits per heavy atom. The summed E-state index contributed by atoms with van der Waals surface area (Å²) < 4.78 is 16.0. The third-order valence-corrected chi connectivity index (χ3v) is 4.49. The number of carboxylic acid groups (broad SMARTS) is 1. The van der Waals surface area contributed by atoms with Gasteiger partial charge in [-0.05, 0) is 25.0 Å². The molecule has 1 amide bonds. The summed E-state index contributed by atoms with van der Waals surface area (Å²) in [5, 5.41) is 14.0. The second kappa shape index (κ2) is 4.88. The SMILES string of the molecule is O=C(Nc1ccc2c(c1)OCO2)[C@@H]1[C@@H](C(=O)[O-])[C@H]2CC[C@@H]1O2. The van der Waals surface area contributed by atoms with Gasteiger partial charge in [-0.2, -0.15) is 0 Å². The Kier molecular flexibility index (Phi) is 2.97. The second-order valence-electron chi connectivity index (χ2n) is 5.72. The van der Waals surface area contributed by atoms with Crippen LogP contribution in [-0.4, -0.2) is 30.9 Å². The van der Waals surface area contributed by atoms with Crippen LogP contribution in [0.1, 0.15) is 12.8 Å². The zero-order chi connectivity index (χ0) is 15.3. The van der Waals surface area contributed by atoms with Crippen LogP contribution in [-0.2, 0) is 14.3 Å². The van der Waals surface area contributed by atoms with Gasteiger partial charge in [-0.15, -0.1) is 0 Å². The average Bonchev–Trinajstić information content (AvgIpc) is 3.20. The van der Waals surface area contributed by atoms with E-state index in [-0.39, 0.29) is 18.8 Å². The Balaban J connectivity index is 1.53. The highest BCUT2D eigenvalue weighted by Crippen LogP contribution is 2.44. The van der Waals surface area contributed by atoms with Crippen molar-refractivity contribution in [3.05, 3.63) is 18.2 Å². The smallest absolute Gasteiger partial charge is 0.231 e. The van der Waals surface area contributed by atoms with Gasteiger partial charge in [-0.1, -0.05) is 0 Å². The summed E-state index contributed by atoms with van der Waals surface area (Å²) in [6.07, 6.45) is 0.606. The number of hydrogen-bond acceptors (Lipinski definition) is 6. The van der Waals surface area contributed by atoms with E-state index in [2.05, 4.69) is 5.32 Å². The van der Waals surface area contributed by atoms with E-state index >= 15 is 0 Å². The van der Waals surface area contributed by atoms with E-state index < -0.39 is 23.9 Å². The molecule has 2 bridgehead atoms. The van der Waals surface area contributed by atoms with Gasteiger partial charge in [0.1, 0.15) is 0 Å². The number of aliphatic carboxylic acids is 1. The summed E-state index contributed by atoms with van der Waals surface area (Å²) in [7, 11) is 0. The highest BCUT2D eigenvalue weighted by Gasteiger charge is 2.52. The Morgan fingerprint density at radius 1 is 1.09 bits per heavy atom. The first-order chi connectivity index (χ1) is 10.6. The molecular weight excluding hydrogens is 290 g/mol. The minimum atomic E-state index is -1.22. The summed E-state index contributed by atoms with van der Waals surface area (Å²) in [5.41, 5.74) is 0.536. The maximum Gasteiger partial charge on any atom is 0.231 e. The number of carbonyl (C=O) groups is 2. The van der Waals surface area contributed by atoms with E-state index in [1.165, 1.54) is 0 Å². The normalized spacial score (nSPS) is 31.3. The zero-order valence-electron chi connectivity index (χ0n) is 11.6. The van der Waals surface area contributed by atoms with Crippen LogP contribution in [0.2, 0.25) is 0 Å². The number of nitrogens with one attached hydrogen (secondary N) is 1. The van der Waals surface area contributed by atoms with Crippen LogP contribution >= 0.6 is 0 Å². The molecule has 116 valence electrons. The topological polar surface area (TPSA) is 96.9 Å². The van der Waals surface area contributed by atoms with Crippen LogP contribution in [0.15, 0.2) is 18.2 Å². The molecule has 0 saturated carbocycles. The van der Waals surface area contributed by atoms with Crippen molar-refractivity contribution in [2.75, 3.05) is 12.1 Å². The highest BCUT2D eigenvalue weighted by atomic mass is 16.7. The summed E-state index contributed by atoms with van der Waals surface area (Å²) in [6.45, 7) is 0.152. The number of carboxylic acids is 1. The first-order valence-corrected chi connectivity index (χ1v) is 7.20. The largest absolute Gasteiger partial charge is 0.550 e. The molecule has 1 aromatic rings. The highest BCUT2D eigenvalue weighted by molar-refractivity contribution is 5.96. The Hall–Kier alpha value is -2.28. The van der Waals surface area contributed by atoms with Crippen molar-refractivity contribution in [2.24, 2.45) is 11.8 Å². The first kappa shape index (κ1) is 13.4. The molecule has 2 saturated heterocycles. The van der Waals surface area contributed by atoms with E-state index in [1.54, 1.807) is 18.2 Å². The first-order valence-electron chi connectivity index (χ1n) is 7.20. The minimum absolute atomic E-state index is 0.152. The van der Waals surface area contributed by atoms with Gasteiger partial charge in [0.2, 0.25) is 12.7 Å². The molecule has 3 aliphatic rings. The molecule has 3 aliphatic heterocycles. The van der Waals surface area contributed by atoms with E-state index in [1.807, 2.05) is 0 Å². The van der Waals surface area contributed by atoms with E-state index in [0.717, 1.165) is 0 Å². The molecule has 0 spiro atoms. The van der Waals surface area contributed by atoms with Crippen molar-refractivity contribution in [3.63, 3.8) is 0 Å². The van der Waals surface area contributed by atoms with Gasteiger partial charge in [0.15, 0.2) is 11.5 Å².